The fraction of sp³-hybridized carbons (Fsp3) is 0.833. The highest BCUT2D eigenvalue weighted by Crippen LogP contribution is 2.08. The van der Waals surface area contributed by atoms with Gasteiger partial charge >= 0.3 is 0 Å². The van der Waals surface area contributed by atoms with E-state index in [0.29, 0.717) is 0 Å². The van der Waals surface area contributed by atoms with Crippen molar-refractivity contribution in [2.45, 2.75) is 32.0 Å². The van der Waals surface area contributed by atoms with Gasteiger partial charge in [-0.2, -0.15) is 0 Å². The summed E-state index contributed by atoms with van der Waals surface area (Å²) in [5.41, 5.74) is 0. The van der Waals surface area contributed by atoms with E-state index in [2.05, 4.69) is 0 Å². The molecular formula is C6H14OSi. The maximum absolute atomic E-state index is 10.3. The minimum atomic E-state index is -2.36. The lowest BCUT2D eigenvalue weighted by atomic mass is 10.6. The maximum atomic E-state index is 10.3. The van der Waals surface area contributed by atoms with Crippen LogP contribution < -0.4 is 0 Å². The van der Waals surface area contributed by atoms with Crippen molar-refractivity contribution in [3.63, 3.8) is 0 Å². The molecule has 0 aromatic rings. The molecule has 0 aromatic heterocycles. The van der Waals surface area contributed by atoms with Crippen LogP contribution in [0, 0.1) is 0 Å². The average molecular weight is 134 g/mol. The number of carbonyl (C=O) groups is 1. The predicted octanol–water partition coefficient (Wildman–Crippen LogP) is 1.91. The first-order valence-electron chi connectivity index (χ1n) is 4.52. The molecule has 1 nitrogen and oxygen atoms in total. The van der Waals surface area contributed by atoms with Gasteiger partial charge in [-0.15, -0.1) is 0 Å². The second-order valence-corrected chi connectivity index (χ2v) is 7.39. The zero-order valence-corrected chi connectivity index (χ0v) is 6.49. The summed E-state index contributed by atoms with van der Waals surface area (Å²) in [6.45, 7) is 5.11. The lowest BCUT2D eigenvalue weighted by Crippen LogP contribution is -2.18. The Kier molecular flexibility index (Phi) is 1.19. The largest absolute Gasteiger partial charge is 0.303 e. The highest BCUT2D eigenvalue weighted by Gasteiger charge is 2.10. The van der Waals surface area contributed by atoms with E-state index in [1.165, 1.54) is 0 Å². The highest BCUT2D eigenvalue weighted by atomic mass is 28.3. The number of carbonyl (C=O) groups excluding carboxylic acids is 1. The van der Waals surface area contributed by atoms with Crippen LogP contribution in [-0.2, 0) is 4.79 Å². The molecule has 0 aliphatic rings. The summed E-state index contributed by atoms with van der Waals surface area (Å²) in [6.07, 6.45) is -2.30. The molecule has 0 unspecified atom stereocenters. The molecule has 2 heteroatoms. The van der Waals surface area contributed by atoms with E-state index < -0.39 is 20.4 Å². The molecule has 48 valence electrons. The van der Waals surface area contributed by atoms with Crippen molar-refractivity contribution in [2.24, 2.45) is 0 Å². The molecule has 0 N–H and O–H groups in total. The third kappa shape index (κ3) is 5.89. The number of hydrogen-bond donors (Lipinski definition) is 0. The van der Waals surface area contributed by atoms with Crippen molar-refractivity contribution in [3.8, 4) is 0 Å². The third-order valence-corrected chi connectivity index (χ3v) is 1.40. The fourth-order valence-corrected chi connectivity index (χ4v) is 0.738. The summed E-state index contributed by atoms with van der Waals surface area (Å²) in [5.74, 6) is -2.01. The van der Waals surface area contributed by atoms with Crippen molar-refractivity contribution in [3.05, 3.63) is 0 Å². The number of aldehydes is 1. The Balaban J connectivity index is 4.97. The third-order valence-electron chi connectivity index (χ3n) is 0.506. The fourth-order valence-electron chi connectivity index (χ4n) is 0.246. The topological polar surface area (TPSA) is 17.1 Å². The van der Waals surface area contributed by atoms with E-state index in [0.717, 1.165) is 0 Å². The van der Waals surface area contributed by atoms with Crippen molar-refractivity contribution in [1.82, 2.24) is 0 Å². The van der Waals surface area contributed by atoms with Gasteiger partial charge in [0.15, 0.2) is 0 Å². The van der Waals surface area contributed by atoms with Gasteiger partial charge in [0.2, 0.25) is 0 Å². The van der Waals surface area contributed by atoms with Crippen LogP contribution in [0.3, 0.4) is 0 Å². The van der Waals surface area contributed by atoms with E-state index in [9.17, 15) is 4.79 Å². The van der Waals surface area contributed by atoms with Crippen LogP contribution in [0.15, 0.2) is 0 Å². The maximum Gasteiger partial charge on any atom is 0.119 e. The molecule has 0 radical (unpaired) electrons. The molecule has 0 atom stereocenters. The lowest BCUT2D eigenvalue weighted by Gasteiger charge is -2.11. The molecule has 0 saturated carbocycles. The van der Waals surface area contributed by atoms with Crippen LogP contribution in [0.1, 0.15) is 11.9 Å². The van der Waals surface area contributed by atoms with Crippen molar-refractivity contribution in [1.29, 1.82) is 0 Å². The van der Waals surface area contributed by atoms with Crippen molar-refractivity contribution < 1.29 is 10.3 Å². The Morgan fingerprint density at radius 1 is 1.62 bits per heavy atom. The van der Waals surface area contributed by atoms with Crippen molar-refractivity contribution in [2.75, 3.05) is 0 Å². The Bertz CT molecular complexity index is 184. The van der Waals surface area contributed by atoms with E-state index in [-0.39, 0.29) is 6.29 Å². The van der Waals surface area contributed by atoms with Gasteiger partial charge in [0, 0.05) is 19.9 Å². The van der Waals surface area contributed by atoms with Gasteiger partial charge in [0.25, 0.3) is 0 Å². The van der Waals surface area contributed by atoms with E-state index in [1.54, 1.807) is 19.6 Å². The number of rotatable bonds is 3. The summed E-state index contributed by atoms with van der Waals surface area (Å²) >= 11 is 0. The highest BCUT2D eigenvalue weighted by molar-refractivity contribution is 6.76. The van der Waals surface area contributed by atoms with Crippen molar-refractivity contribution >= 4 is 14.4 Å². The van der Waals surface area contributed by atoms with Crippen LogP contribution in [0.4, 0.5) is 0 Å². The standard InChI is InChI=1S/C6H14OSi/c1-8(2,3)6-4-5-7/h5H,4,6H2,1-3H3/i4D2,6D2. The van der Waals surface area contributed by atoms with Gasteiger partial charge in [-0.25, -0.2) is 0 Å². The molecule has 8 heavy (non-hydrogen) atoms. The van der Waals surface area contributed by atoms with E-state index in [4.69, 9.17) is 5.48 Å². The second kappa shape index (κ2) is 3.02. The first kappa shape index (κ1) is 3.16. The van der Waals surface area contributed by atoms with Gasteiger partial charge < -0.3 is 4.79 Å². The zero-order chi connectivity index (χ0) is 10.2. The summed E-state index contributed by atoms with van der Waals surface area (Å²) in [5, 5.41) is 0. The first-order valence-corrected chi connectivity index (χ1v) is 6.02. The molecule has 0 aromatic carbocycles. The van der Waals surface area contributed by atoms with Gasteiger partial charge in [0.1, 0.15) is 6.29 Å². The van der Waals surface area contributed by atoms with E-state index in [1.807, 2.05) is 0 Å². The normalized spacial score (nSPS) is 22.4. The Morgan fingerprint density at radius 2 is 2.12 bits per heavy atom. The molecule has 0 spiro atoms. The minimum Gasteiger partial charge on any atom is -0.303 e. The molecule has 0 rings (SSSR count). The smallest absolute Gasteiger partial charge is 0.119 e. The SMILES string of the molecule is [2H]C([2H])(C=O)C([2H])([2H])[Si](C)(C)C. The molecule has 0 bridgehead atoms. The molecule has 0 aliphatic carbocycles. The summed E-state index contributed by atoms with van der Waals surface area (Å²) in [7, 11) is -2.31. The lowest BCUT2D eigenvalue weighted by molar-refractivity contribution is -0.107. The summed E-state index contributed by atoms with van der Waals surface area (Å²) in [6, 6.07) is 0. The van der Waals surface area contributed by atoms with Gasteiger partial charge in [0.05, 0.1) is 0 Å². The molecule has 0 saturated heterocycles. The minimum absolute atomic E-state index is 0.0608. The van der Waals surface area contributed by atoms with E-state index >= 15 is 0 Å². The molecular weight excluding hydrogens is 116 g/mol. The Hall–Kier alpha value is -0.113. The molecule has 0 aliphatic heterocycles. The second-order valence-electron chi connectivity index (χ2n) is 2.64. The number of hydrogen-bond acceptors (Lipinski definition) is 1. The Labute approximate surface area is 57.7 Å². The van der Waals surface area contributed by atoms with Crippen LogP contribution in [-0.4, -0.2) is 14.4 Å². The quantitative estimate of drug-likeness (QED) is 0.426. The van der Waals surface area contributed by atoms with Crippen LogP contribution >= 0.6 is 0 Å². The zero-order valence-electron chi connectivity index (χ0n) is 9.49. The molecule has 0 heterocycles. The first-order chi connectivity index (χ1) is 5.06. The van der Waals surface area contributed by atoms with Crippen LogP contribution in [0.2, 0.25) is 25.6 Å². The predicted molar refractivity (Wildman–Crippen MR) is 38.8 cm³/mol. The van der Waals surface area contributed by atoms with Crippen LogP contribution in [0.5, 0.6) is 0 Å². The van der Waals surface area contributed by atoms with Gasteiger partial charge in [-0.1, -0.05) is 25.6 Å². The van der Waals surface area contributed by atoms with Gasteiger partial charge in [-0.05, 0) is 0 Å². The molecule has 0 amide bonds. The Morgan fingerprint density at radius 3 is 2.25 bits per heavy atom. The monoisotopic (exact) mass is 134 g/mol. The summed E-state index contributed by atoms with van der Waals surface area (Å²) in [4.78, 5) is 10.3. The van der Waals surface area contributed by atoms with Gasteiger partial charge in [-0.3, -0.25) is 0 Å². The van der Waals surface area contributed by atoms with Crippen LogP contribution in [0.25, 0.3) is 0 Å². The molecule has 0 fully saturated rings. The summed E-state index contributed by atoms with van der Waals surface area (Å²) < 4.78 is 29.4. The average Bonchev–Trinajstić information content (AvgIpc) is 1.85.